The Morgan fingerprint density at radius 3 is 2.73 bits per heavy atom. The molecule has 138 valence electrons. The molecule has 0 bridgehead atoms. The van der Waals surface area contributed by atoms with E-state index in [0.29, 0.717) is 5.84 Å². The summed E-state index contributed by atoms with van der Waals surface area (Å²) in [7, 11) is 1.25. The Morgan fingerprint density at radius 1 is 1.35 bits per heavy atom. The van der Waals surface area contributed by atoms with Gasteiger partial charge in [0.1, 0.15) is 5.84 Å². The van der Waals surface area contributed by atoms with Crippen LogP contribution in [0.15, 0.2) is 41.4 Å². The van der Waals surface area contributed by atoms with Gasteiger partial charge in [-0.1, -0.05) is 25.2 Å². The summed E-state index contributed by atoms with van der Waals surface area (Å²) >= 11 is 6.40. The zero-order valence-corrected chi connectivity index (χ0v) is 15.4. The monoisotopic (exact) mass is 376 g/mol. The first kappa shape index (κ1) is 19.8. The number of nitrogens with zero attached hydrogens (tertiary/aromatic N) is 3. The predicted octanol–water partition coefficient (Wildman–Crippen LogP) is 2.68. The number of carbonyl (C=O) groups is 2. The van der Waals surface area contributed by atoms with Crippen LogP contribution in [0.2, 0.25) is 0 Å². The fraction of sp³-hybridized carbons (Fsp3) is 0.389. The highest BCUT2D eigenvalue weighted by atomic mass is 35.5. The van der Waals surface area contributed by atoms with Crippen LogP contribution in [-0.4, -0.2) is 46.4 Å². The molecule has 2 atom stereocenters. The number of amidine groups is 1. The minimum Gasteiger partial charge on any atom is -0.464 e. The van der Waals surface area contributed by atoms with E-state index in [9.17, 15) is 9.59 Å². The van der Waals surface area contributed by atoms with Gasteiger partial charge in [-0.2, -0.15) is 0 Å². The van der Waals surface area contributed by atoms with E-state index in [2.05, 4.69) is 38.2 Å². The van der Waals surface area contributed by atoms with Gasteiger partial charge in [0, 0.05) is 0 Å². The van der Waals surface area contributed by atoms with Crippen molar-refractivity contribution >= 4 is 29.3 Å². The lowest BCUT2D eigenvalue weighted by atomic mass is 10.1. The number of hydrogen-bond acceptors (Lipinski definition) is 6. The number of alkyl halides is 1. The van der Waals surface area contributed by atoms with Crippen LogP contribution in [-0.2, 0) is 4.74 Å². The van der Waals surface area contributed by atoms with E-state index in [0.717, 1.165) is 19.3 Å². The van der Waals surface area contributed by atoms with Gasteiger partial charge in [0.15, 0.2) is 11.4 Å². The first-order valence-electron chi connectivity index (χ1n) is 8.32. The van der Waals surface area contributed by atoms with Crippen LogP contribution in [0.4, 0.5) is 0 Å². The van der Waals surface area contributed by atoms with Crippen molar-refractivity contribution in [2.45, 2.75) is 37.6 Å². The molecule has 0 aromatic carbocycles. The van der Waals surface area contributed by atoms with Crippen LogP contribution in [0.1, 0.15) is 47.2 Å². The van der Waals surface area contributed by atoms with Gasteiger partial charge in [-0.05, 0) is 37.5 Å². The topological polar surface area (TPSA) is 93.5 Å². The standard InChI is InChI=1S/C18H21ClN4O3/c1-3-4-5-7-12(19)13-8-6-9-16(20-13)21-17(24)14-10-11-15(23-22-14)18(25)26-2/h4-6,9-13H,3,7-8H2,1-2H3,(H,20,21,24)/b5-4-/t12?,13-/m1/s1. The summed E-state index contributed by atoms with van der Waals surface area (Å²) in [6, 6.07) is 2.68. The number of allylic oxidation sites excluding steroid dienone is 2. The first-order chi connectivity index (χ1) is 12.5. The number of amides is 1. The number of halogens is 1. The highest BCUT2D eigenvalue weighted by Gasteiger charge is 2.20. The van der Waals surface area contributed by atoms with Crippen molar-refractivity contribution in [2.75, 3.05) is 7.11 Å². The molecule has 0 radical (unpaired) electrons. The Bertz CT molecular complexity index is 728. The Labute approximate surface area is 157 Å². The van der Waals surface area contributed by atoms with Crippen molar-refractivity contribution in [1.29, 1.82) is 0 Å². The van der Waals surface area contributed by atoms with Gasteiger partial charge >= 0.3 is 5.97 Å². The zero-order chi connectivity index (χ0) is 18.9. The fourth-order valence-corrected chi connectivity index (χ4v) is 2.56. The first-order valence-corrected chi connectivity index (χ1v) is 8.75. The lowest BCUT2D eigenvalue weighted by molar-refractivity contribution is 0.0592. The summed E-state index contributed by atoms with van der Waals surface area (Å²) in [5.41, 5.74) is 0.105. The van der Waals surface area contributed by atoms with Crippen molar-refractivity contribution in [2.24, 2.45) is 4.99 Å². The van der Waals surface area contributed by atoms with Crippen molar-refractivity contribution in [3.63, 3.8) is 0 Å². The number of carbonyl (C=O) groups excluding carboxylic acids is 2. The number of hydrogen-bond donors (Lipinski definition) is 1. The molecule has 1 N–H and O–H groups in total. The van der Waals surface area contributed by atoms with Gasteiger partial charge in [0.2, 0.25) is 0 Å². The van der Waals surface area contributed by atoms with E-state index in [1.807, 2.05) is 12.2 Å². The molecule has 8 heteroatoms. The van der Waals surface area contributed by atoms with Crippen LogP contribution < -0.4 is 5.32 Å². The summed E-state index contributed by atoms with van der Waals surface area (Å²) in [5, 5.41) is 9.95. The summed E-state index contributed by atoms with van der Waals surface area (Å²) in [4.78, 5) is 28.1. The van der Waals surface area contributed by atoms with E-state index >= 15 is 0 Å². The Morgan fingerprint density at radius 2 is 2.08 bits per heavy atom. The molecule has 2 rings (SSSR count). The van der Waals surface area contributed by atoms with Crippen molar-refractivity contribution in [3.05, 3.63) is 47.8 Å². The van der Waals surface area contributed by atoms with E-state index in [1.54, 1.807) is 6.08 Å². The maximum atomic E-state index is 12.3. The third-order valence-electron chi connectivity index (χ3n) is 3.67. The Hall–Kier alpha value is -2.54. The number of esters is 1. The highest BCUT2D eigenvalue weighted by molar-refractivity contribution is 6.21. The molecule has 1 aromatic rings. The summed E-state index contributed by atoms with van der Waals surface area (Å²) in [5.74, 6) is -0.651. The third-order valence-corrected chi connectivity index (χ3v) is 4.14. The molecule has 1 amide bonds. The molecule has 1 aliphatic rings. The van der Waals surface area contributed by atoms with Crippen LogP contribution in [0.25, 0.3) is 0 Å². The number of rotatable bonds is 6. The molecule has 1 aliphatic heterocycles. The maximum absolute atomic E-state index is 12.3. The number of methoxy groups -OCH3 is 1. The minimum absolute atomic E-state index is 0.0316. The molecule has 1 unspecified atom stereocenters. The molecule has 0 spiro atoms. The van der Waals surface area contributed by atoms with E-state index in [4.69, 9.17) is 11.6 Å². The van der Waals surface area contributed by atoms with Crippen LogP contribution >= 0.6 is 11.6 Å². The SMILES string of the molecule is CC/C=C\CC(Cl)[C@H]1CC=CC(NC(=O)c2ccc(C(=O)OC)nn2)=N1. The molecule has 26 heavy (non-hydrogen) atoms. The lowest BCUT2D eigenvalue weighted by Gasteiger charge is -2.20. The molecule has 0 aliphatic carbocycles. The second-order valence-electron chi connectivity index (χ2n) is 5.60. The maximum Gasteiger partial charge on any atom is 0.358 e. The second-order valence-corrected chi connectivity index (χ2v) is 6.16. The third kappa shape index (κ3) is 5.49. The van der Waals surface area contributed by atoms with E-state index in [-0.39, 0.29) is 22.8 Å². The molecule has 1 aromatic heterocycles. The van der Waals surface area contributed by atoms with Gasteiger partial charge in [-0.15, -0.1) is 21.8 Å². The predicted molar refractivity (Wildman–Crippen MR) is 99.5 cm³/mol. The molecular formula is C18H21ClN4O3. The van der Waals surface area contributed by atoms with Gasteiger partial charge in [-0.3, -0.25) is 9.79 Å². The molecule has 7 nitrogen and oxygen atoms in total. The van der Waals surface area contributed by atoms with Crippen LogP contribution in [0.5, 0.6) is 0 Å². The number of aromatic nitrogens is 2. The summed E-state index contributed by atoms with van der Waals surface area (Å²) < 4.78 is 4.54. The average molecular weight is 377 g/mol. The van der Waals surface area contributed by atoms with Crippen molar-refractivity contribution < 1.29 is 14.3 Å². The molecular weight excluding hydrogens is 356 g/mol. The average Bonchev–Trinajstić information content (AvgIpc) is 2.67. The molecule has 0 saturated carbocycles. The van der Waals surface area contributed by atoms with Crippen molar-refractivity contribution in [1.82, 2.24) is 15.5 Å². The fourth-order valence-electron chi connectivity index (χ4n) is 2.29. The second kappa shape index (κ2) is 9.82. The normalized spacial score (nSPS) is 17.7. The number of ether oxygens (including phenoxy) is 1. The van der Waals surface area contributed by atoms with E-state index < -0.39 is 11.9 Å². The number of nitrogens with one attached hydrogen (secondary N) is 1. The number of aliphatic imine (C=N–C) groups is 1. The van der Waals surface area contributed by atoms with E-state index in [1.165, 1.54) is 19.2 Å². The molecule has 0 saturated heterocycles. The zero-order valence-electron chi connectivity index (χ0n) is 14.7. The highest BCUT2D eigenvalue weighted by Crippen LogP contribution is 2.19. The quantitative estimate of drug-likeness (QED) is 0.468. The molecule has 0 fully saturated rings. The van der Waals surface area contributed by atoms with Gasteiger partial charge < -0.3 is 10.1 Å². The number of dihydropyridines is 1. The summed E-state index contributed by atoms with van der Waals surface area (Å²) in [6.45, 7) is 2.06. The lowest BCUT2D eigenvalue weighted by Crippen LogP contribution is -2.34. The van der Waals surface area contributed by atoms with Gasteiger partial charge in [0.25, 0.3) is 5.91 Å². The van der Waals surface area contributed by atoms with Crippen LogP contribution in [0.3, 0.4) is 0 Å². The Balaban J connectivity index is 2.00. The largest absolute Gasteiger partial charge is 0.464 e. The molecule has 2 heterocycles. The van der Waals surface area contributed by atoms with Crippen LogP contribution in [0, 0.1) is 0 Å². The smallest absolute Gasteiger partial charge is 0.358 e. The van der Waals surface area contributed by atoms with Gasteiger partial charge in [-0.25, -0.2) is 4.79 Å². The Kier molecular flexibility index (Phi) is 7.47. The van der Waals surface area contributed by atoms with Crippen molar-refractivity contribution in [3.8, 4) is 0 Å². The minimum atomic E-state index is -0.614. The summed E-state index contributed by atoms with van der Waals surface area (Å²) in [6.07, 6.45) is 10.2. The van der Waals surface area contributed by atoms with Gasteiger partial charge in [0.05, 0.1) is 18.5 Å².